The van der Waals surface area contributed by atoms with Crippen LogP contribution < -0.4 is 4.74 Å². The largest absolute Gasteiger partial charge is 0.496 e. The fraction of sp³-hybridized carbons (Fsp3) is 0.538. The minimum atomic E-state index is 0.309. The van der Waals surface area contributed by atoms with Crippen LogP contribution in [-0.2, 0) is 6.42 Å². The van der Waals surface area contributed by atoms with Crippen LogP contribution in [0.2, 0.25) is 5.02 Å². The Morgan fingerprint density at radius 1 is 1.44 bits per heavy atom. The van der Waals surface area contributed by atoms with Crippen molar-refractivity contribution in [1.29, 1.82) is 0 Å². The number of alkyl halides is 1. The molecule has 0 radical (unpaired) electrons. The van der Waals surface area contributed by atoms with Crippen molar-refractivity contribution in [3.8, 4) is 5.75 Å². The van der Waals surface area contributed by atoms with Crippen LogP contribution in [0.5, 0.6) is 5.75 Å². The highest BCUT2D eigenvalue weighted by atomic mass is 35.5. The van der Waals surface area contributed by atoms with E-state index in [0.717, 1.165) is 35.1 Å². The van der Waals surface area contributed by atoms with Crippen LogP contribution in [0.3, 0.4) is 0 Å². The molecular formula is C13H16Cl2O. The molecule has 1 nitrogen and oxygen atoms in total. The normalized spacial score (nSPS) is 17.2. The lowest BCUT2D eigenvalue weighted by atomic mass is 10.1. The first-order chi connectivity index (χ1) is 7.70. The van der Waals surface area contributed by atoms with Crippen molar-refractivity contribution in [1.82, 2.24) is 0 Å². The molecule has 1 saturated carbocycles. The Morgan fingerprint density at radius 2 is 2.19 bits per heavy atom. The minimum Gasteiger partial charge on any atom is -0.496 e. The Hall–Kier alpha value is -0.400. The van der Waals surface area contributed by atoms with Crippen LogP contribution in [0.15, 0.2) is 18.2 Å². The first-order valence-corrected chi connectivity index (χ1v) is 6.48. The Balaban J connectivity index is 1.98. The predicted octanol–water partition coefficient (Wildman–Crippen LogP) is 4.30. The maximum absolute atomic E-state index is 6.29. The van der Waals surface area contributed by atoms with Gasteiger partial charge < -0.3 is 4.74 Å². The number of ether oxygens (including phenoxy) is 1. The van der Waals surface area contributed by atoms with Gasteiger partial charge in [0.1, 0.15) is 5.75 Å². The van der Waals surface area contributed by atoms with Crippen molar-refractivity contribution in [2.24, 2.45) is 5.92 Å². The molecule has 1 aliphatic rings. The van der Waals surface area contributed by atoms with Crippen molar-refractivity contribution in [3.05, 3.63) is 28.8 Å². The van der Waals surface area contributed by atoms with Gasteiger partial charge in [-0.1, -0.05) is 11.6 Å². The monoisotopic (exact) mass is 258 g/mol. The van der Waals surface area contributed by atoms with E-state index in [1.807, 2.05) is 18.2 Å². The van der Waals surface area contributed by atoms with Gasteiger partial charge in [0.2, 0.25) is 0 Å². The van der Waals surface area contributed by atoms with E-state index in [4.69, 9.17) is 27.9 Å². The fourth-order valence-electron chi connectivity index (χ4n) is 1.93. The van der Waals surface area contributed by atoms with Gasteiger partial charge in [0, 0.05) is 10.4 Å². The number of aryl methyl sites for hydroxylation is 1. The third-order valence-corrected chi connectivity index (χ3v) is 3.88. The van der Waals surface area contributed by atoms with Crippen LogP contribution >= 0.6 is 23.2 Å². The van der Waals surface area contributed by atoms with Crippen molar-refractivity contribution in [2.75, 3.05) is 7.11 Å². The summed E-state index contributed by atoms with van der Waals surface area (Å²) in [6.45, 7) is 0. The summed E-state index contributed by atoms with van der Waals surface area (Å²) < 4.78 is 5.31. The molecule has 1 fully saturated rings. The van der Waals surface area contributed by atoms with E-state index in [-0.39, 0.29) is 0 Å². The van der Waals surface area contributed by atoms with Gasteiger partial charge in [-0.05, 0) is 55.4 Å². The lowest BCUT2D eigenvalue weighted by molar-refractivity contribution is 0.408. The summed E-state index contributed by atoms with van der Waals surface area (Å²) >= 11 is 12.3. The van der Waals surface area contributed by atoms with E-state index in [9.17, 15) is 0 Å². The Bertz CT molecular complexity index is 361. The van der Waals surface area contributed by atoms with Gasteiger partial charge in [-0.15, -0.1) is 11.6 Å². The molecule has 0 heterocycles. The van der Waals surface area contributed by atoms with E-state index >= 15 is 0 Å². The lowest BCUT2D eigenvalue weighted by Gasteiger charge is -2.11. The zero-order valence-corrected chi connectivity index (χ0v) is 10.9. The minimum absolute atomic E-state index is 0.309. The third-order valence-electron chi connectivity index (χ3n) is 3.07. The highest BCUT2D eigenvalue weighted by Crippen LogP contribution is 2.38. The molecule has 2 rings (SSSR count). The molecule has 1 aliphatic carbocycles. The van der Waals surface area contributed by atoms with Gasteiger partial charge in [-0.3, -0.25) is 0 Å². The molecule has 1 atom stereocenters. The van der Waals surface area contributed by atoms with E-state index < -0.39 is 0 Å². The molecule has 3 heteroatoms. The fourth-order valence-corrected chi connectivity index (χ4v) is 2.49. The summed E-state index contributed by atoms with van der Waals surface area (Å²) in [7, 11) is 1.69. The molecule has 0 bridgehead atoms. The molecular weight excluding hydrogens is 243 g/mol. The standard InChI is InChI=1S/C13H16Cl2O/c1-16-13-7-5-11(14)8-10(13)4-6-12(15)9-2-3-9/h5,7-9,12H,2-4,6H2,1H3. The first-order valence-electron chi connectivity index (χ1n) is 5.67. The summed E-state index contributed by atoms with van der Waals surface area (Å²) in [4.78, 5) is 0. The van der Waals surface area contributed by atoms with E-state index in [0.29, 0.717) is 5.38 Å². The van der Waals surface area contributed by atoms with E-state index in [2.05, 4.69) is 0 Å². The first kappa shape index (κ1) is 12.1. The molecule has 0 N–H and O–H groups in total. The summed E-state index contributed by atoms with van der Waals surface area (Å²) in [6, 6.07) is 5.73. The number of benzene rings is 1. The third kappa shape index (κ3) is 3.05. The molecule has 1 unspecified atom stereocenters. The summed E-state index contributed by atoms with van der Waals surface area (Å²) in [5.41, 5.74) is 1.15. The lowest BCUT2D eigenvalue weighted by Crippen LogP contribution is -2.03. The van der Waals surface area contributed by atoms with Gasteiger partial charge >= 0.3 is 0 Å². The molecule has 0 saturated heterocycles. The molecule has 0 aromatic heterocycles. The van der Waals surface area contributed by atoms with Gasteiger partial charge in [-0.2, -0.15) is 0 Å². The summed E-state index contributed by atoms with van der Waals surface area (Å²) in [6.07, 6.45) is 4.53. The van der Waals surface area contributed by atoms with Gasteiger partial charge in [0.05, 0.1) is 7.11 Å². The average Bonchev–Trinajstić information content (AvgIpc) is 3.10. The highest BCUT2D eigenvalue weighted by Gasteiger charge is 2.29. The van der Waals surface area contributed by atoms with Crippen molar-refractivity contribution < 1.29 is 4.74 Å². The molecule has 0 amide bonds. The van der Waals surface area contributed by atoms with Crippen molar-refractivity contribution in [3.63, 3.8) is 0 Å². The molecule has 0 spiro atoms. The Labute approximate surface area is 107 Å². The number of hydrogen-bond acceptors (Lipinski definition) is 1. The number of rotatable bonds is 5. The van der Waals surface area contributed by atoms with Crippen molar-refractivity contribution >= 4 is 23.2 Å². The van der Waals surface area contributed by atoms with Gasteiger partial charge in [-0.25, -0.2) is 0 Å². The molecule has 16 heavy (non-hydrogen) atoms. The number of methoxy groups -OCH3 is 1. The maximum atomic E-state index is 6.29. The van der Waals surface area contributed by atoms with Crippen LogP contribution in [0, 0.1) is 5.92 Å². The maximum Gasteiger partial charge on any atom is 0.122 e. The Morgan fingerprint density at radius 3 is 2.81 bits per heavy atom. The van der Waals surface area contributed by atoms with Gasteiger partial charge in [0.15, 0.2) is 0 Å². The van der Waals surface area contributed by atoms with Crippen LogP contribution in [0.1, 0.15) is 24.8 Å². The summed E-state index contributed by atoms with van der Waals surface area (Å²) in [5, 5.41) is 1.07. The van der Waals surface area contributed by atoms with E-state index in [1.165, 1.54) is 12.8 Å². The Kier molecular flexibility index (Phi) is 3.99. The highest BCUT2D eigenvalue weighted by molar-refractivity contribution is 6.30. The molecule has 0 aliphatic heterocycles. The second-order valence-corrected chi connectivity index (χ2v) is 5.35. The SMILES string of the molecule is COc1ccc(Cl)cc1CCC(Cl)C1CC1. The average molecular weight is 259 g/mol. The number of hydrogen-bond donors (Lipinski definition) is 0. The van der Waals surface area contributed by atoms with Crippen molar-refractivity contribution in [2.45, 2.75) is 31.1 Å². The van der Waals surface area contributed by atoms with Crippen LogP contribution in [-0.4, -0.2) is 12.5 Å². The predicted molar refractivity (Wildman–Crippen MR) is 68.7 cm³/mol. The smallest absolute Gasteiger partial charge is 0.122 e. The molecule has 88 valence electrons. The second kappa shape index (κ2) is 5.29. The molecule has 1 aromatic carbocycles. The zero-order chi connectivity index (χ0) is 11.5. The topological polar surface area (TPSA) is 9.23 Å². The molecule has 1 aromatic rings. The summed E-state index contributed by atoms with van der Waals surface area (Å²) in [5.74, 6) is 1.65. The van der Waals surface area contributed by atoms with E-state index in [1.54, 1.807) is 7.11 Å². The van der Waals surface area contributed by atoms with Gasteiger partial charge in [0.25, 0.3) is 0 Å². The number of halogens is 2. The quantitative estimate of drug-likeness (QED) is 0.716. The zero-order valence-electron chi connectivity index (χ0n) is 9.38. The second-order valence-electron chi connectivity index (χ2n) is 4.35. The van der Waals surface area contributed by atoms with Crippen LogP contribution in [0.25, 0.3) is 0 Å². The van der Waals surface area contributed by atoms with Crippen LogP contribution in [0.4, 0.5) is 0 Å².